The predicted molar refractivity (Wildman–Crippen MR) is 123 cm³/mol. The second-order valence-corrected chi connectivity index (χ2v) is 9.37. The number of benzene rings is 1. The molecule has 0 spiro atoms. The maximum Gasteiger partial charge on any atom is 0.270 e. The van der Waals surface area contributed by atoms with E-state index in [4.69, 9.17) is 0 Å². The lowest BCUT2D eigenvalue weighted by molar-refractivity contribution is -0.162. The average molecular weight is 446 g/mol. The molecule has 0 unspecified atom stereocenters. The highest BCUT2D eigenvalue weighted by Gasteiger charge is 2.65. The highest BCUT2D eigenvalue weighted by molar-refractivity contribution is 5.78. The summed E-state index contributed by atoms with van der Waals surface area (Å²) in [4.78, 5) is 24.2. The van der Waals surface area contributed by atoms with Gasteiger partial charge in [-0.1, -0.05) is 6.92 Å². The van der Waals surface area contributed by atoms with Crippen LogP contribution in [0, 0.1) is 29.0 Å². The standard InChI is InChI=1S/C24H24FN7O/c1-14-17-10-24(14,11-17)32-21-16(8-15(12-26)22(32)33)13-28-23(30-21)29-18-2-3-20(19(25)9-18)31-6-4-27-5-7-31/h2-3,8-9,13-14,17,27H,4-7,10-11H2,1H3,(H,28,29,30)/t14-,17?,24?/m1/s1. The lowest BCUT2D eigenvalue weighted by atomic mass is 9.42. The van der Waals surface area contributed by atoms with Crippen LogP contribution < -0.4 is 21.1 Å². The van der Waals surface area contributed by atoms with Crippen LogP contribution in [0.1, 0.15) is 25.3 Å². The Morgan fingerprint density at radius 3 is 2.70 bits per heavy atom. The number of fused-ring (bicyclic) bond motifs is 1. The number of hydrogen-bond acceptors (Lipinski definition) is 7. The van der Waals surface area contributed by atoms with Gasteiger partial charge in [0.15, 0.2) is 0 Å². The molecule has 7 rings (SSSR count). The van der Waals surface area contributed by atoms with E-state index in [9.17, 15) is 14.4 Å². The molecule has 1 aliphatic heterocycles. The fraction of sp³-hybridized carbons (Fsp3) is 0.417. The first kappa shape index (κ1) is 20.1. The van der Waals surface area contributed by atoms with E-state index in [2.05, 4.69) is 27.5 Å². The minimum atomic E-state index is -0.305. The zero-order valence-corrected chi connectivity index (χ0v) is 18.3. The SMILES string of the molecule is C[C@@H]1C2CC1(n1c(=O)c(C#N)cc3cnc(Nc4ccc(N5CCNCC5)c(F)c4)nc31)C2. The Morgan fingerprint density at radius 2 is 2.06 bits per heavy atom. The molecule has 2 bridgehead atoms. The first-order valence-corrected chi connectivity index (χ1v) is 11.4. The van der Waals surface area contributed by atoms with Gasteiger partial charge in [0.25, 0.3) is 5.56 Å². The highest BCUT2D eigenvalue weighted by Crippen LogP contribution is 2.66. The lowest BCUT2D eigenvalue weighted by Crippen LogP contribution is -2.69. The van der Waals surface area contributed by atoms with Gasteiger partial charge in [0.1, 0.15) is 23.1 Å². The number of halogens is 1. The van der Waals surface area contributed by atoms with E-state index in [0.717, 1.165) is 39.0 Å². The summed E-state index contributed by atoms with van der Waals surface area (Å²) in [6.45, 7) is 5.35. The van der Waals surface area contributed by atoms with Crippen LogP contribution >= 0.6 is 0 Å². The molecule has 4 fully saturated rings. The zero-order chi connectivity index (χ0) is 22.7. The molecule has 1 saturated heterocycles. The van der Waals surface area contributed by atoms with Gasteiger partial charge in [0.2, 0.25) is 5.95 Å². The number of pyridine rings is 1. The molecular formula is C24H24FN7O. The zero-order valence-electron chi connectivity index (χ0n) is 18.3. The van der Waals surface area contributed by atoms with Gasteiger partial charge in [-0.3, -0.25) is 9.36 Å². The molecule has 33 heavy (non-hydrogen) atoms. The van der Waals surface area contributed by atoms with Crippen molar-refractivity contribution in [3.05, 3.63) is 52.2 Å². The van der Waals surface area contributed by atoms with Crippen LogP contribution in [0.25, 0.3) is 11.0 Å². The van der Waals surface area contributed by atoms with Crippen molar-refractivity contribution in [2.45, 2.75) is 25.3 Å². The molecule has 4 aliphatic rings. The van der Waals surface area contributed by atoms with E-state index < -0.39 is 0 Å². The first-order valence-electron chi connectivity index (χ1n) is 11.4. The van der Waals surface area contributed by atoms with Gasteiger partial charge in [0.05, 0.1) is 11.2 Å². The summed E-state index contributed by atoms with van der Waals surface area (Å²) in [7, 11) is 0. The van der Waals surface area contributed by atoms with E-state index in [1.807, 2.05) is 17.0 Å². The molecule has 3 aliphatic carbocycles. The monoisotopic (exact) mass is 445 g/mol. The Morgan fingerprint density at radius 1 is 1.27 bits per heavy atom. The largest absolute Gasteiger partial charge is 0.367 e. The number of aromatic nitrogens is 3. The van der Waals surface area contributed by atoms with Crippen molar-refractivity contribution in [1.82, 2.24) is 19.9 Å². The van der Waals surface area contributed by atoms with Gasteiger partial charge in [-0.15, -0.1) is 0 Å². The fourth-order valence-electron chi connectivity index (χ4n) is 5.60. The molecule has 8 nitrogen and oxygen atoms in total. The number of anilines is 3. The molecule has 9 heteroatoms. The van der Waals surface area contributed by atoms with Gasteiger partial charge < -0.3 is 15.5 Å². The Bertz CT molecular complexity index is 1370. The smallest absolute Gasteiger partial charge is 0.270 e. The number of nitrogens with zero attached hydrogens (tertiary/aromatic N) is 5. The molecule has 2 aromatic heterocycles. The molecule has 168 valence electrons. The molecule has 0 radical (unpaired) electrons. The van der Waals surface area contributed by atoms with Crippen LogP contribution in [-0.2, 0) is 5.54 Å². The summed E-state index contributed by atoms with van der Waals surface area (Å²) in [5.41, 5.74) is 1.17. The van der Waals surface area contributed by atoms with Crippen molar-refractivity contribution in [1.29, 1.82) is 5.26 Å². The van der Waals surface area contributed by atoms with Crippen LogP contribution in [0.4, 0.5) is 21.7 Å². The predicted octanol–water partition coefficient (Wildman–Crippen LogP) is 2.71. The van der Waals surface area contributed by atoms with Crippen molar-refractivity contribution in [2.24, 2.45) is 11.8 Å². The maximum absolute atomic E-state index is 14.8. The van der Waals surface area contributed by atoms with E-state index in [0.29, 0.717) is 34.2 Å². The Kier molecular flexibility index (Phi) is 4.42. The van der Waals surface area contributed by atoms with Gasteiger partial charge in [-0.2, -0.15) is 10.2 Å². The minimum Gasteiger partial charge on any atom is -0.367 e. The Labute approximate surface area is 190 Å². The summed E-state index contributed by atoms with van der Waals surface area (Å²) < 4.78 is 16.5. The highest BCUT2D eigenvalue weighted by atomic mass is 19.1. The topological polar surface area (TPSA) is 98.9 Å². The Balaban J connectivity index is 1.37. The number of nitrogens with one attached hydrogen (secondary N) is 2. The molecule has 3 saturated carbocycles. The molecule has 0 amide bonds. The van der Waals surface area contributed by atoms with Gasteiger partial charge in [-0.25, -0.2) is 9.37 Å². The molecule has 3 heterocycles. The quantitative estimate of drug-likeness (QED) is 0.637. The second-order valence-electron chi connectivity index (χ2n) is 9.37. The first-order chi connectivity index (χ1) is 16.0. The molecule has 1 atom stereocenters. The van der Waals surface area contributed by atoms with E-state index in [-0.39, 0.29) is 28.4 Å². The third-order valence-electron chi connectivity index (χ3n) is 7.75. The normalized spacial score (nSPS) is 25.8. The number of hydrogen-bond donors (Lipinski definition) is 2. The summed E-state index contributed by atoms with van der Waals surface area (Å²) in [5, 5.41) is 16.5. The van der Waals surface area contributed by atoms with Crippen LogP contribution in [0.3, 0.4) is 0 Å². The summed E-state index contributed by atoms with van der Waals surface area (Å²) in [5.74, 6) is 0.995. The van der Waals surface area contributed by atoms with Gasteiger partial charge >= 0.3 is 0 Å². The average Bonchev–Trinajstić information content (AvgIpc) is 2.80. The number of piperazine rings is 1. The minimum absolute atomic E-state index is 0.106. The van der Waals surface area contributed by atoms with Crippen LogP contribution in [-0.4, -0.2) is 40.7 Å². The fourth-order valence-corrected chi connectivity index (χ4v) is 5.60. The molecule has 2 N–H and O–H groups in total. The van der Waals surface area contributed by atoms with E-state index in [1.54, 1.807) is 22.9 Å². The van der Waals surface area contributed by atoms with Crippen LogP contribution in [0.2, 0.25) is 0 Å². The van der Waals surface area contributed by atoms with Crippen molar-refractivity contribution in [3.8, 4) is 6.07 Å². The third kappa shape index (κ3) is 2.94. The van der Waals surface area contributed by atoms with Crippen molar-refractivity contribution in [2.75, 3.05) is 36.4 Å². The van der Waals surface area contributed by atoms with E-state index >= 15 is 0 Å². The lowest BCUT2D eigenvalue weighted by Gasteiger charge is -2.67. The summed E-state index contributed by atoms with van der Waals surface area (Å²) in [6, 6.07) is 8.59. The second kappa shape index (κ2) is 7.25. The number of nitriles is 1. The molecular weight excluding hydrogens is 421 g/mol. The van der Waals surface area contributed by atoms with Crippen molar-refractivity contribution in [3.63, 3.8) is 0 Å². The third-order valence-corrected chi connectivity index (χ3v) is 7.75. The van der Waals surface area contributed by atoms with Gasteiger partial charge in [0, 0.05) is 43.4 Å². The van der Waals surface area contributed by atoms with Crippen molar-refractivity contribution >= 4 is 28.4 Å². The van der Waals surface area contributed by atoms with Crippen LogP contribution in [0.5, 0.6) is 0 Å². The van der Waals surface area contributed by atoms with Crippen molar-refractivity contribution < 1.29 is 4.39 Å². The van der Waals surface area contributed by atoms with E-state index in [1.165, 1.54) is 6.07 Å². The molecule has 3 aromatic rings. The van der Waals surface area contributed by atoms with Crippen LogP contribution in [0.15, 0.2) is 35.3 Å². The maximum atomic E-state index is 14.8. The summed E-state index contributed by atoms with van der Waals surface area (Å²) >= 11 is 0. The Hall–Kier alpha value is -3.51. The number of rotatable bonds is 4. The van der Waals surface area contributed by atoms with Gasteiger partial charge in [-0.05, 0) is 48.9 Å². The molecule has 1 aromatic carbocycles. The summed E-state index contributed by atoms with van der Waals surface area (Å²) in [6.07, 6.45) is 3.48.